The molecule has 1 aliphatic carbocycles. The molecule has 20 heavy (non-hydrogen) atoms. The fourth-order valence-corrected chi connectivity index (χ4v) is 3.03. The molecule has 0 aliphatic heterocycles. The summed E-state index contributed by atoms with van der Waals surface area (Å²) in [5.41, 5.74) is 1.39. The van der Waals surface area contributed by atoms with Crippen LogP contribution in [-0.2, 0) is 0 Å². The van der Waals surface area contributed by atoms with Gasteiger partial charge >= 0.3 is 0 Å². The lowest BCUT2D eigenvalue weighted by molar-refractivity contribution is 0.302. The van der Waals surface area contributed by atoms with Crippen molar-refractivity contribution in [1.29, 1.82) is 0 Å². The Morgan fingerprint density at radius 1 is 1.10 bits per heavy atom. The van der Waals surface area contributed by atoms with Gasteiger partial charge in [0.15, 0.2) is 0 Å². The molecule has 1 N–H and O–H groups in total. The first kappa shape index (κ1) is 15.4. The predicted octanol–water partition coefficient (Wildman–Crippen LogP) is 4.70. The van der Waals surface area contributed by atoms with E-state index in [1.54, 1.807) is 0 Å². The highest BCUT2D eigenvalue weighted by atomic mass is 16.5. The number of nitrogens with one attached hydrogen (secondary N) is 1. The maximum absolute atomic E-state index is 5.83. The van der Waals surface area contributed by atoms with Crippen molar-refractivity contribution in [2.75, 3.05) is 7.05 Å². The van der Waals surface area contributed by atoms with Gasteiger partial charge in [-0.3, -0.25) is 0 Å². The van der Waals surface area contributed by atoms with Crippen molar-refractivity contribution < 1.29 is 4.74 Å². The van der Waals surface area contributed by atoms with E-state index in [2.05, 4.69) is 50.5 Å². The summed E-state index contributed by atoms with van der Waals surface area (Å²) in [6.07, 6.45) is 8.01. The van der Waals surface area contributed by atoms with E-state index >= 15 is 0 Å². The largest absolute Gasteiger partial charge is 0.490 e. The molecule has 1 saturated carbocycles. The van der Waals surface area contributed by atoms with Crippen LogP contribution in [0, 0.1) is 5.92 Å². The molecule has 0 amide bonds. The zero-order valence-electron chi connectivity index (χ0n) is 13.2. The Morgan fingerprint density at radius 3 is 2.15 bits per heavy atom. The van der Waals surface area contributed by atoms with Gasteiger partial charge in [0.1, 0.15) is 5.75 Å². The molecule has 0 bridgehead atoms. The van der Waals surface area contributed by atoms with Crippen LogP contribution in [0.4, 0.5) is 0 Å². The fraction of sp³-hybridized carbons (Fsp3) is 0.667. The zero-order chi connectivity index (χ0) is 14.4. The second kappa shape index (κ2) is 7.68. The molecule has 0 radical (unpaired) electrons. The van der Waals surface area contributed by atoms with Crippen LogP contribution in [0.5, 0.6) is 5.75 Å². The number of hydrogen-bond donors (Lipinski definition) is 1. The minimum atomic E-state index is 0.463. The lowest BCUT2D eigenvalue weighted by Crippen LogP contribution is -2.25. The summed E-state index contributed by atoms with van der Waals surface area (Å²) in [4.78, 5) is 0. The molecular weight excluding hydrogens is 246 g/mol. The van der Waals surface area contributed by atoms with E-state index in [0.717, 1.165) is 11.7 Å². The molecule has 2 heteroatoms. The minimum absolute atomic E-state index is 0.463. The summed E-state index contributed by atoms with van der Waals surface area (Å²) in [5.74, 6) is 1.75. The smallest absolute Gasteiger partial charge is 0.119 e. The second-order valence-electron chi connectivity index (χ2n) is 5.99. The first-order valence-electron chi connectivity index (χ1n) is 8.22. The molecule has 0 heterocycles. The van der Waals surface area contributed by atoms with Crippen LogP contribution in [0.1, 0.15) is 64.0 Å². The molecule has 1 atom stereocenters. The van der Waals surface area contributed by atoms with Crippen molar-refractivity contribution in [2.45, 2.75) is 64.5 Å². The Labute approximate surface area is 123 Å². The second-order valence-corrected chi connectivity index (χ2v) is 5.99. The zero-order valence-corrected chi connectivity index (χ0v) is 13.2. The average Bonchev–Trinajstić information content (AvgIpc) is 3.26. The molecule has 1 aliphatic rings. The van der Waals surface area contributed by atoms with E-state index in [4.69, 9.17) is 4.74 Å². The van der Waals surface area contributed by atoms with Gasteiger partial charge in [0.2, 0.25) is 0 Å². The Morgan fingerprint density at radius 2 is 1.70 bits per heavy atom. The van der Waals surface area contributed by atoms with E-state index in [9.17, 15) is 0 Å². The van der Waals surface area contributed by atoms with Gasteiger partial charge in [0, 0.05) is 6.04 Å². The standard InChI is InChI=1S/C18H29NO/c1-4-6-14(7-5-2)18(19-3)15-8-10-16(11-9-15)20-17-12-13-17/h8-11,14,17-19H,4-7,12-13H2,1-3H3. The van der Waals surface area contributed by atoms with Crippen molar-refractivity contribution in [2.24, 2.45) is 5.92 Å². The SMILES string of the molecule is CCCC(CCC)C(NC)c1ccc(OC2CC2)cc1. The van der Waals surface area contributed by atoms with Crippen LogP contribution in [-0.4, -0.2) is 13.2 Å². The van der Waals surface area contributed by atoms with Gasteiger partial charge in [-0.2, -0.15) is 0 Å². The lowest BCUT2D eigenvalue weighted by Gasteiger charge is -2.27. The van der Waals surface area contributed by atoms with E-state index in [1.165, 1.54) is 44.1 Å². The Hall–Kier alpha value is -1.02. The first-order chi connectivity index (χ1) is 9.78. The first-order valence-corrected chi connectivity index (χ1v) is 8.22. The van der Waals surface area contributed by atoms with Crippen molar-refractivity contribution in [3.63, 3.8) is 0 Å². The van der Waals surface area contributed by atoms with Gasteiger partial charge < -0.3 is 10.1 Å². The Bertz CT molecular complexity index is 377. The normalized spacial score (nSPS) is 16.4. The van der Waals surface area contributed by atoms with Gasteiger partial charge in [-0.05, 0) is 56.3 Å². The van der Waals surface area contributed by atoms with Gasteiger partial charge in [0.05, 0.1) is 6.10 Å². The molecule has 1 aromatic rings. The summed E-state index contributed by atoms with van der Waals surface area (Å²) in [7, 11) is 2.08. The van der Waals surface area contributed by atoms with Crippen LogP contribution in [0.3, 0.4) is 0 Å². The van der Waals surface area contributed by atoms with Crippen LogP contribution in [0.2, 0.25) is 0 Å². The third kappa shape index (κ3) is 4.24. The quantitative estimate of drug-likeness (QED) is 0.705. The molecule has 1 unspecified atom stereocenters. The topological polar surface area (TPSA) is 21.3 Å². The number of ether oxygens (including phenoxy) is 1. The minimum Gasteiger partial charge on any atom is -0.490 e. The molecule has 1 fully saturated rings. The average molecular weight is 275 g/mol. The van der Waals surface area contributed by atoms with Gasteiger partial charge in [-0.15, -0.1) is 0 Å². The lowest BCUT2D eigenvalue weighted by atomic mass is 9.86. The maximum Gasteiger partial charge on any atom is 0.119 e. The molecule has 0 spiro atoms. The summed E-state index contributed by atoms with van der Waals surface area (Å²) in [6, 6.07) is 9.19. The van der Waals surface area contributed by atoms with E-state index in [0.29, 0.717) is 12.1 Å². The monoisotopic (exact) mass is 275 g/mol. The summed E-state index contributed by atoms with van der Waals surface area (Å²) in [6.45, 7) is 4.56. The molecular formula is C18H29NO. The third-order valence-electron chi connectivity index (χ3n) is 4.17. The van der Waals surface area contributed by atoms with Gasteiger partial charge in [0.25, 0.3) is 0 Å². The van der Waals surface area contributed by atoms with Crippen molar-refractivity contribution in [1.82, 2.24) is 5.32 Å². The van der Waals surface area contributed by atoms with E-state index in [-0.39, 0.29) is 0 Å². The molecule has 0 aromatic heterocycles. The summed E-state index contributed by atoms with van der Waals surface area (Å²) >= 11 is 0. The van der Waals surface area contributed by atoms with Gasteiger partial charge in [-0.1, -0.05) is 38.8 Å². The Balaban J connectivity index is 2.04. The highest BCUT2D eigenvalue weighted by Gasteiger charge is 2.24. The van der Waals surface area contributed by atoms with Crippen LogP contribution in [0.25, 0.3) is 0 Å². The molecule has 2 nitrogen and oxygen atoms in total. The molecule has 112 valence electrons. The number of hydrogen-bond acceptors (Lipinski definition) is 2. The van der Waals surface area contributed by atoms with E-state index < -0.39 is 0 Å². The van der Waals surface area contributed by atoms with Crippen molar-refractivity contribution >= 4 is 0 Å². The summed E-state index contributed by atoms with van der Waals surface area (Å²) < 4.78 is 5.83. The van der Waals surface area contributed by atoms with Crippen LogP contribution < -0.4 is 10.1 Å². The predicted molar refractivity (Wildman–Crippen MR) is 85.2 cm³/mol. The number of rotatable bonds is 9. The van der Waals surface area contributed by atoms with Crippen molar-refractivity contribution in [3.8, 4) is 5.75 Å². The van der Waals surface area contributed by atoms with E-state index in [1.807, 2.05) is 0 Å². The highest BCUT2D eigenvalue weighted by molar-refractivity contribution is 5.30. The summed E-state index contributed by atoms with van der Waals surface area (Å²) in [5, 5.41) is 3.52. The van der Waals surface area contributed by atoms with Gasteiger partial charge in [-0.25, -0.2) is 0 Å². The highest BCUT2D eigenvalue weighted by Crippen LogP contribution is 2.32. The third-order valence-corrected chi connectivity index (χ3v) is 4.17. The van der Waals surface area contributed by atoms with Crippen LogP contribution >= 0.6 is 0 Å². The molecule has 2 rings (SSSR count). The Kier molecular flexibility index (Phi) is 5.90. The van der Waals surface area contributed by atoms with Crippen LogP contribution in [0.15, 0.2) is 24.3 Å². The molecule has 0 saturated heterocycles. The van der Waals surface area contributed by atoms with Crippen molar-refractivity contribution in [3.05, 3.63) is 29.8 Å². The molecule has 1 aromatic carbocycles. The number of benzene rings is 1. The fourth-order valence-electron chi connectivity index (χ4n) is 3.03. The maximum atomic E-state index is 5.83.